The van der Waals surface area contributed by atoms with Gasteiger partial charge in [0.2, 0.25) is 15.0 Å². The number of hydrogen-bond donors (Lipinski definition) is 1. The summed E-state index contributed by atoms with van der Waals surface area (Å²) >= 11 is 0.742. The van der Waals surface area contributed by atoms with Gasteiger partial charge in [-0.25, -0.2) is 8.42 Å². The van der Waals surface area contributed by atoms with E-state index >= 15 is 0 Å². The number of nitrogens with one attached hydrogen (secondary N) is 1. The molecule has 3 aromatic rings. The van der Waals surface area contributed by atoms with Crippen molar-refractivity contribution in [1.82, 2.24) is 13.9 Å². The molecule has 2 aromatic heterocycles. The Morgan fingerprint density at radius 3 is 2.58 bits per heavy atom. The molecule has 0 radical (unpaired) electrons. The fourth-order valence-corrected chi connectivity index (χ4v) is 6.00. The zero-order valence-electron chi connectivity index (χ0n) is 20.8. The van der Waals surface area contributed by atoms with E-state index in [1.54, 1.807) is 40.2 Å². The molecule has 3 rings (SSSR count). The second kappa shape index (κ2) is 10.9. The lowest BCUT2D eigenvalue weighted by molar-refractivity contribution is -0.112. The van der Waals surface area contributed by atoms with Crippen LogP contribution in [0.4, 0.5) is 5.13 Å². The number of benzene rings is 1. The van der Waals surface area contributed by atoms with Crippen molar-refractivity contribution in [2.24, 2.45) is 5.92 Å². The van der Waals surface area contributed by atoms with Gasteiger partial charge in [0.25, 0.3) is 11.1 Å². The van der Waals surface area contributed by atoms with Gasteiger partial charge in [-0.15, -0.1) is 0 Å². The van der Waals surface area contributed by atoms with Gasteiger partial charge in [0.05, 0.1) is 25.7 Å². The summed E-state index contributed by atoms with van der Waals surface area (Å²) < 4.78 is 41.3. The normalized spacial score (nSPS) is 11.9. The van der Waals surface area contributed by atoms with Gasteiger partial charge in [-0.3, -0.25) is 10.1 Å². The first-order valence-electron chi connectivity index (χ1n) is 10.9. The van der Waals surface area contributed by atoms with Crippen LogP contribution in [-0.4, -0.2) is 48.2 Å². The van der Waals surface area contributed by atoms with E-state index in [2.05, 4.69) is 14.7 Å². The molecule has 10 nitrogen and oxygen atoms in total. The zero-order valence-corrected chi connectivity index (χ0v) is 22.5. The van der Waals surface area contributed by atoms with Crippen molar-refractivity contribution in [1.29, 1.82) is 5.26 Å². The number of ether oxygens (including phenoxy) is 2. The average molecular weight is 530 g/mol. The van der Waals surface area contributed by atoms with Gasteiger partial charge in [0.1, 0.15) is 23.1 Å². The third-order valence-corrected chi connectivity index (χ3v) is 7.81. The Bertz CT molecular complexity index is 1460. The smallest absolute Gasteiger partial charge is 0.268 e. The summed E-state index contributed by atoms with van der Waals surface area (Å²) in [5.74, 6) is 0.366. The molecule has 0 bridgehead atoms. The van der Waals surface area contributed by atoms with Crippen LogP contribution in [0.2, 0.25) is 0 Å². The lowest BCUT2D eigenvalue weighted by Crippen LogP contribution is -2.15. The summed E-state index contributed by atoms with van der Waals surface area (Å²) in [5, 5.41) is 11.8. The maximum atomic E-state index is 12.8. The number of hydrogen-bond acceptors (Lipinski definition) is 9. The molecule has 190 valence electrons. The van der Waals surface area contributed by atoms with Crippen molar-refractivity contribution < 1.29 is 22.7 Å². The van der Waals surface area contributed by atoms with Crippen molar-refractivity contribution in [3.05, 3.63) is 46.8 Å². The highest BCUT2D eigenvalue weighted by atomic mass is 32.2. The average Bonchev–Trinajstić information content (AvgIpc) is 3.40. The lowest BCUT2D eigenvalue weighted by Gasteiger charge is -2.15. The number of sulfone groups is 1. The second-order valence-corrected chi connectivity index (χ2v) is 11.1. The highest BCUT2D eigenvalue weighted by molar-refractivity contribution is 7.91. The van der Waals surface area contributed by atoms with Crippen molar-refractivity contribution in [2.45, 2.75) is 32.9 Å². The molecule has 1 aromatic carbocycles. The SMILES string of the molecule is COc1ccc(OC)c(-n2c(C)cc(C=C(C#N)C(=O)Nc3nc(S(=O)(=O)CC(C)C)ns3)c2C)c1. The first kappa shape index (κ1) is 26.9. The van der Waals surface area contributed by atoms with Gasteiger partial charge < -0.3 is 14.0 Å². The minimum Gasteiger partial charge on any atom is -0.497 e. The van der Waals surface area contributed by atoms with E-state index in [0.29, 0.717) is 17.1 Å². The minimum atomic E-state index is -3.66. The molecule has 1 N–H and O–H groups in total. The molecule has 1 amide bonds. The van der Waals surface area contributed by atoms with Crippen LogP contribution in [0, 0.1) is 31.1 Å². The summed E-state index contributed by atoms with van der Waals surface area (Å²) in [7, 11) is -0.507. The molecule has 0 aliphatic carbocycles. The number of nitriles is 1. The minimum absolute atomic E-state index is 0.00456. The molecule has 0 fully saturated rings. The standard InChI is InChI=1S/C24H27N5O5S2/c1-14(2)13-36(31,32)24-27-23(35-28-24)26-22(30)18(12-25)10-17-9-15(3)29(16(17)4)20-11-19(33-5)7-8-21(20)34-6/h7-11,14H,13H2,1-6H3,(H,26,27,28,30). The molecule has 0 atom stereocenters. The van der Waals surface area contributed by atoms with Crippen LogP contribution in [0.15, 0.2) is 35.0 Å². The predicted molar refractivity (Wildman–Crippen MR) is 137 cm³/mol. The molecule has 0 aliphatic heterocycles. The number of carbonyl (C=O) groups is 1. The molecule has 0 spiro atoms. The Labute approximate surface area is 214 Å². The van der Waals surface area contributed by atoms with Gasteiger partial charge in [0.15, 0.2) is 0 Å². The lowest BCUT2D eigenvalue weighted by atomic mass is 10.1. The van der Waals surface area contributed by atoms with E-state index in [0.717, 1.165) is 28.6 Å². The first-order chi connectivity index (χ1) is 17.0. The van der Waals surface area contributed by atoms with Crippen LogP contribution >= 0.6 is 11.5 Å². The number of rotatable bonds is 9. The predicted octanol–water partition coefficient (Wildman–Crippen LogP) is 3.94. The molecular weight excluding hydrogens is 502 g/mol. The van der Waals surface area contributed by atoms with Crippen LogP contribution in [0.25, 0.3) is 11.8 Å². The Morgan fingerprint density at radius 1 is 1.25 bits per heavy atom. The molecule has 2 heterocycles. The number of amides is 1. The van der Waals surface area contributed by atoms with Crippen LogP contribution < -0.4 is 14.8 Å². The highest BCUT2D eigenvalue weighted by Crippen LogP contribution is 2.32. The third kappa shape index (κ3) is 5.75. The van der Waals surface area contributed by atoms with Gasteiger partial charge in [-0.2, -0.15) is 14.6 Å². The largest absolute Gasteiger partial charge is 0.497 e. The summed E-state index contributed by atoms with van der Waals surface area (Å²) in [6.45, 7) is 7.31. The summed E-state index contributed by atoms with van der Waals surface area (Å²) in [5.41, 5.74) is 2.86. The van der Waals surface area contributed by atoms with Crippen molar-refractivity contribution in [2.75, 3.05) is 25.3 Å². The maximum absolute atomic E-state index is 12.8. The molecule has 12 heteroatoms. The molecule has 0 saturated heterocycles. The summed E-state index contributed by atoms with van der Waals surface area (Å²) in [6.07, 6.45) is 1.47. The van der Waals surface area contributed by atoms with Gasteiger partial charge in [-0.1, -0.05) is 13.8 Å². The Hall–Kier alpha value is -3.69. The number of aryl methyl sites for hydroxylation is 1. The van der Waals surface area contributed by atoms with E-state index in [1.165, 1.54) is 6.08 Å². The van der Waals surface area contributed by atoms with E-state index < -0.39 is 15.7 Å². The third-order valence-electron chi connectivity index (χ3n) is 5.22. The zero-order chi connectivity index (χ0) is 26.6. The van der Waals surface area contributed by atoms with Crippen molar-refractivity contribution in [3.63, 3.8) is 0 Å². The first-order valence-corrected chi connectivity index (χ1v) is 13.3. The highest BCUT2D eigenvalue weighted by Gasteiger charge is 2.23. The van der Waals surface area contributed by atoms with E-state index in [4.69, 9.17) is 9.47 Å². The van der Waals surface area contributed by atoms with E-state index in [1.807, 2.05) is 36.6 Å². The number of methoxy groups -OCH3 is 2. The van der Waals surface area contributed by atoms with Crippen LogP contribution in [0.5, 0.6) is 11.5 Å². The number of aromatic nitrogens is 3. The number of anilines is 1. The molecule has 0 saturated carbocycles. The topological polar surface area (TPSA) is 136 Å². The monoisotopic (exact) mass is 529 g/mol. The quantitative estimate of drug-likeness (QED) is 0.325. The van der Waals surface area contributed by atoms with Crippen LogP contribution in [0.1, 0.15) is 30.8 Å². The van der Waals surface area contributed by atoms with E-state index in [-0.39, 0.29) is 27.5 Å². The Kier molecular flexibility index (Phi) is 8.17. The van der Waals surface area contributed by atoms with Gasteiger partial charge >= 0.3 is 0 Å². The van der Waals surface area contributed by atoms with Crippen molar-refractivity contribution in [3.8, 4) is 23.3 Å². The van der Waals surface area contributed by atoms with E-state index in [9.17, 15) is 18.5 Å². The molecular formula is C24H27N5O5S2. The van der Waals surface area contributed by atoms with Gasteiger partial charge in [0, 0.05) is 29.0 Å². The number of nitrogens with zero attached hydrogens (tertiary/aromatic N) is 4. The molecule has 0 unspecified atom stereocenters. The van der Waals surface area contributed by atoms with Crippen LogP contribution in [-0.2, 0) is 14.6 Å². The summed E-state index contributed by atoms with van der Waals surface area (Å²) in [4.78, 5) is 16.7. The molecule has 36 heavy (non-hydrogen) atoms. The summed E-state index contributed by atoms with van der Waals surface area (Å²) in [6, 6.07) is 9.18. The molecule has 0 aliphatic rings. The van der Waals surface area contributed by atoms with Crippen LogP contribution in [0.3, 0.4) is 0 Å². The van der Waals surface area contributed by atoms with Gasteiger partial charge in [-0.05, 0) is 49.6 Å². The fraction of sp³-hybridized carbons (Fsp3) is 0.333. The Morgan fingerprint density at radius 2 is 1.97 bits per heavy atom. The second-order valence-electron chi connectivity index (χ2n) is 8.38. The van der Waals surface area contributed by atoms with Crippen molar-refractivity contribution >= 4 is 38.5 Å². The number of carbonyl (C=O) groups excluding carboxylic acids is 1. The fourth-order valence-electron chi connectivity index (χ4n) is 3.64. The Balaban J connectivity index is 1.91. The maximum Gasteiger partial charge on any atom is 0.268 e.